The molecule has 0 spiro atoms. The lowest BCUT2D eigenvalue weighted by atomic mass is 9.90. The monoisotopic (exact) mass is 2030 g/mol. The van der Waals surface area contributed by atoms with Crippen LogP contribution in [0.1, 0.15) is 245 Å². The normalized spacial score (nSPS) is 18.4. The molecule has 133 heavy (non-hydrogen) atoms. The van der Waals surface area contributed by atoms with Crippen LogP contribution in [0.25, 0.3) is 71.2 Å². The van der Waals surface area contributed by atoms with Crippen molar-refractivity contribution in [1.29, 1.82) is 0 Å². The third-order valence-corrected chi connectivity index (χ3v) is 30.7. The van der Waals surface area contributed by atoms with Crippen LogP contribution in [-0.2, 0) is 49.8 Å². The highest BCUT2D eigenvalue weighted by Gasteiger charge is 2.44. The zero-order valence-corrected chi connectivity index (χ0v) is 81.0. The number of terminal acetylenes is 1. The van der Waals surface area contributed by atoms with E-state index in [1.807, 2.05) is 65.8 Å². The van der Waals surface area contributed by atoms with Crippen LogP contribution in [0.2, 0.25) is 5.02 Å². The van der Waals surface area contributed by atoms with Crippen LogP contribution in [0, 0.1) is 19.3 Å². The first-order valence-electron chi connectivity index (χ1n) is 46.2. The first kappa shape index (κ1) is 87.4. The van der Waals surface area contributed by atoms with Crippen molar-refractivity contribution in [2.45, 2.75) is 165 Å². The zero-order valence-electron chi connectivity index (χ0n) is 73.9. The Balaban J connectivity index is 0.0000000962. The van der Waals surface area contributed by atoms with E-state index in [1.165, 1.54) is 164 Å². The molecule has 0 saturated carbocycles. The summed E-state index contributed by atoms with van der Waals surface area (Å²) in [5.74, 6) is 3.22. The van der Waals surface area contributed by atoms with Gasteiger partial charge in [-0.25, -0.2) is 0 Å². The Kier molecular flexibility index (Phi) is 24.3. The van der Waals surface area contributed by atoms with Crippen molar-refractivity contribution < 1.29 is 23.9 Å². The Morgan fingerprint density at radius 2 is 0.789 bits per heavy atom. The minimum Gasteiger partial charge on any atom is -0.497 e. The maximum Gasteiger partial charge on any atom is 0.262 e. The average Bonchev–Trinajstić information content (AvgIpc) is 1.57. The molecule has 3 amide bonds. The third kappa shape index (κ3) is 16.6. The van der Waals surface area contributed by atoms with Gasteiger partial charge in [-0.15, -0.1) is 6.42 Å². The molecule has 10 aromatic heterocycles. The number of amides is 3. The molecule has 2 aliphatic heterocycles. The van der Waals surface area contributed by atoms with Crippen LogP contribution in [0.3, 0.4) is 0 Å². The van der Waals surface area contributed by atoms with Crippen LogP contribution < -0.4 is 0 Å². The molecule has 8 aliphatic rings. The Hall–Kier alpha value is -12.3. The number of benzene rings is 8. The summed E-state index contributed by atoms with van der Waals surface area (Å²) in [4.78, 5) is 74.6. The number of hydrogen-bond donors (Lipinski definition) is 6. The van der Waals surface area contributed by atoms with Crippen molar-refractivity contribution >= 4 is 171 Å². The molecule has 26 rings (SSSR count). The lowest BCUT2D eigenvalue weighted by Crippen LogP contribution is -2.36. The van der Waals surface area contributed by atoms with Crippen LogP contribution in [0.15, 0.2) is 262 Å². The number of ether oxygens (including phenoxy) is 1. The number of fused-ring (bicyclic) bond motifs is 20. The number of aryl methyl sites for hydroxylation is 7. The van der Waals surface area contributed by atoms with E-state index in [2.05, 4.69) is 284 Å². The largest absolute Gasteiger partial charge is 0.497 e. The molecule has 0 bridgehead atoms. The highest BCUT2D eigenvalue weighted by atomic mass is 79.9. The number of hydrogen-bond acceptors (Lipinski definition) is 5. The standard InChI is InChI=1S/C20H15BrN2O2.C20H17BrN2O.C19H19BrN2O.C18H15BrN2.C18H18N2O.C16H15ClN2/c21-11-8-9-16-15(10-11)12-6-3-7-17(18(12)22-16)23-19(24)13-4-1-2-5-14(13)20(23)25;21-13-8-9-17-16(10-13)15-6-3-7-18(19(15)22-17)23-11-12-4-1-2-5-14(12)20(23)24;1-12(23-2)13-8-9-22(11-13)18-5-3-4-15-16-10-14(20)6-7-17(16)21-19(15)18;1-2-12-8-9-21(11-12)17-5-3-4-14-15-10-13(19)6-7-16(15)20-18(14)17;1-12-5-6-16-15(9-12)14-3-2-4-17(18(14)19-16)20-8-7-13(10-20)11-21;17-11-6-7-14-13(10-11)12-4-3-5-15(16(12)18-14)19-8-1-2-9-19/h1-2,4-5,8-10,17,22H,3,6-7H2;1-2,4-5,8-10,18,22H,3,6-7,11H2;6-11,18,21H,1,3-5H2,2H3;1,6-11,17,20H,3-5H2;5-11,17,19H,2-4H2,1H3;1-2,6-10,15,18H,3-5H2. The molecule has 18 aromatic rings. The molecule has 8 aromatic carbocycles. The van der Waals surface area contributed by atoms with Gasteiger partial charge in [-0.3, -0.25) is 24.1 Å². The van der Waals surface area contributed by atoms with Gasteiger partial charge in [0, 0.05) is 201 Å². The first-order valence-corrected chi connectivity index (χ1v) is 49.7. The van der Waals surface area contributed by atoms with Gasteiger partial charge in [-0.2, -0.15) is 0 Å². The van der Waals surface area contributed by atoms with Crippen molar-refractivity contribution in [3.05, 3.63) is 379 Å². The van der Waals surface area contributed by atoms with Gasteiger partial charge in [0.15, 0.2) is 6.29 Å². The van der Waals surface area contributed by atoms with E-state index in [9.17, 15) is 19.2 Å². The van der Waals surface area contributed by atoms with Gasteiger partial charge >= 0.3 is 0 Å². The predicted molar refractivity (Wildman–Crippen MR) is 546 cm³/mol. The smallest absolute Gasteiger partial charge is 0.262 e. The summed E-state index contributed by atoms with van der Waals surface area (Å²) in [5.41, 5.74) is 30.2. The predicted octanol–water partition coefficient (Wildman–Crippen LogP) is 28.0. The van der Waals surface area contributed by atoms with Crippen molar-refractivity contribution in [2.75, 3.05) is 7.11 Å². The SMILES string of the molecule is C#Cc1ccn(C2CCCc3c2[nH]c2ccc(Br)cc32)c1.C=C(OC)c1ccn(C2CCCc3c2[nH]c2ccc(Br)cc32)c1.Cc1ccc2[nH]c3c(c2c1)CCCC3n1ccc(C=O)c1.Clc1ccc2[nH]c3c(c2c1)CCCC3n1cccc1.O=C1c2ccccc2C(=O)N1C1CCCc2c1[nH]c1ccc(Br)cc21.O=C1c2ccccc2CN1C1CCCc2c1[nH]c1ccc(Br)cc21. The molecule has 6 atom stereocenters. The van der Waals surface area contributed by atoms with Crippen LogP contribution in [0.5, 0.6) is 0 Å². The highest BCUT2D eigenvalue weighted by Crippen LogP contribution is 2.48. The zero-order chi connectivity index (χ0) is 91.0. The summed E-state index contributed by atoms with van der Waals surface area (Å²) in [6, 6.07) is 64.8. The number of carbonyl (C=O) groups excluding carboxylic acids is 4. The van der Waals surface area contributed by atoms with Gasteiger partial charge in [-0.05, 0) is 313 Å². The van der Waals surface area contributed by atoms with E-state index < -0.39 is 0 Å². The average molecular weight is 2040 g/mol. The fourth-order valence-corrected chi connectivity index (χ4v) is 23.8. The second kappa shape index (κ2) is 36.9. The van der Waals surface area contributed by atoms with Gasteiger partial charge in [-0.1, -0.05) is 130 Å². The minimum atomic E-state index is -0.220. The number of carbonyl (C=O) groups is 4. The number of aldehydes is 1. The van der Waals surface area contributed by atoms with Gasteiger partial charge in [0.25, 0.3) is 17.7 Å². The molecular formula is C111H99Br4ClN12O5. The van der Waals surface area contributed by atoms with Crippen molar-refractivity contribution in [3.8, 4) is 12.3 Å². The molecule has 6 aliphatic carbocycles. The number of imide groups is 1. The highest BCUT2D eigenvalue weighted by molar-refractivity contribution is 9.11. The maximum atomic E-state index is 12.9. The molecule has 6 N–H and O–H groups in total. The molecule has 22 heteroatoms. The summed E-state index contributed by atoms with van der Waals surface area (Å²) in [5, 5.41) is 8.61. The van der Waals surface area contributed by atoms with Gasteiger partial charge in [0.1, 0.15) is 5.76 Å². The van der Waals surface area contributed by atoms with Crippen LogP contribution in [0.4, 0.5) is 0 Å². The Bertz CT molecular complexity index is 7600. The fourth-order valence-electron chi connectivity index (χ4n) is 22.2. The number of methoxy groups -OCH3 is 1. The lowest BCUT2D eigenvalue weighted by Gasteiger charge is -2.31. The molecule has 0 fully saturated rings. The molecule has 17 nitrogen and oxygen atoms in total. The summed E-state index contributed by atoms with van der Waals surface area (Å²) < 4.78 is 18.6. The van der Waals surface area contributed by atoms with Crippen LogP contribution in [-0.4, -0.2) is 89.1 Å². The van der Waals surface area contributed by atoms with Crippen LogP contribution >= 0.6 is 75.3 Å². The van der Waals surface area contributed by atoms with E-state index >= 15 is 0 Å². The minimum absolute atomic E-state index is 0.153. The van der Waals surface area contributed by atoms with E-state index in [-0.39, 0.29) is 29.8 Å². The van der Waals surface area contributed by atoms with Gasteiger partial charge < -0.3 is 57.8 Å². The topological polar surface area (TPSA) is 198 Å². The number of H-pyrrole nitrogens is 6. The number of nitrogens with one attached hydrogen (secondary N) is 6. The molecule has 12 heterocycles. The van der Waals surface area contributed by atoms with Gasteiger partial charge in [0.2, 0.25) is 0 Å². The van der Waals surface area contributed by atoms with Crippen molar-refractivity contribution in [3.63, 3.8) is 0 Å². The number of rotatable bonds is 9. The number of halogens is 5. The molecule has 668 valence electrons. The molecule has 0 saturated heterocycles. The maximum absolute atomic E-state index is 12.9. The number of nitrogens with zero attached hydrogens (tertiary/aromatic N) is 6. The van der Waals surface area contributed by atoms with E-state index in [0.717, 1.165) is 158 Å². The summed E-state index contributed by atoms with van der Waals surface area (Å²) in [7, 11) is 1.66. The molecular weight excluding hydrogens is 1940 g/mol. The quantitative estimate of drug-likeness (QED) is 0.0361. The Morgan fingerprint density at radius 3 is 1.23 bits per heavy atom. The van der Waals surface area contributed by atoms with Crippen molar-refractivity contribution in [1.82, 2.24) is 58.0 Å². The third-order valence-electron chi connectivity index (χ3n) is 28.5. The van der Waals surface area contributed by atoms with Crippen molar-refractivity contribution in [2.24, 2.45) is 0 Å². The second-order valence-electron chi connectivity index (χ2n) is 36.3. The summed E-state index contributed by atoms with van der Waals surface area (Å²) in [6.45, 7) is 6.80. The lowest BCUT2D eigenvalue weighted by molar-refractivity contribution is 0.0562. The Morgan fingerprint density at radius 1 is 0.414 bits per heavy atom. The van der Waals surface area contributed by atoms with E-state index in [1.54, 1.807) is 31.4 Å². The van der Waals surface area contributed by atoms with E-state index in [4.69, 9.17) is 22.8 Å². The number of aromatic nitrogens is 10. The molecule has 6 unspecified atom stereocenters. The molecule has 0 radical (unpaired) electrons. The fraction of sp³-hybridized carbons (Fsp3) is 0.243. The second-order valence-corrected chi connectivity index (χ2v) is 40.4. The van der Waals surface area contributed by atoms with E-state index in [0.29, 0.717) is 41.1 Å². The summed E-state index contributed by atoms with van der Waals surface area (Å²) >= 11 is 20.4. The summed E-state index contributed by atoms with van der Waals surface area (Å²) in [6.07, 6.45) is 43.1. The Labute approximate surface area is 809 Å². The number of aromatic amines is 6. The first-order chi connectivity index (χ1) is 64.9. The van der Waals surface area contributed by atoms with Gasteiger partial charge in [0.05, 0.1) is 54.5 Å².